The fraction of sp³-hybridized carbons (Fsp3) is 0.133. The molecule has 0 aliphatic heterocycles. The second-order valence-electron chi connectivity index (χ2n) is 4.62. The van der Waals surface area contributed by atoms with E-state index in [9.17, 15) is 0 Å². The van der Waals surface area contributed by atoms with E-state index in [0.717, 1.165) is 21.7 Å². The van der Waals surface area contributed by atoms with Crippen LogP contribution in [0.25, 0.3) is 21.7 Å². The van der Waals surface area contributed by atoms with Crippen molar-refractivity contribution < 1.29 is 4.52 Å². The van der Waals surface area contributed by atoms with E-state index in [4.69, 9.17) is 10.3 Å². The van der Waals surface area contributed by atoms with E-state index in [0.29, 0.717) is 5.88 Å². The van der Waals surface area contributed by atoms with Crippen LogP contribution in [-0.4, -0.2) is 5.16 Å². The first kappa shape index (κ1) is 12.0. The van der Waals surface area contributed by atoms with Gasteiger partial charge in [0, 0.05) is 10.4 Å². The van der Waals surface area contributed by atoms with Gasteiger partial charge in [-0.05, 0) is 37.4 Å². The molecule has 0 saturated carbocycles. The molecule has 0 atom stereocenters. The molecule has 19 heavy (non-hydrogen) atoms. The number of aryl methyl sites for hydroxylation is 2. The average molecular weight is 270 g/mol. The number of thiophene rings is 1. The molecular formula is C15H14N2OS. The highest BCUT2D eigenvalue weighted by Gasteiger charge is 2.18. The van der Waals surface area contributed by atoms with E-state index in [1.807, 2.05) is 17.5 Å². The molecule has 0 radical (unpaired) electrons. The molecule has 0 fully saturated rings. The normalized spacial score (nSPS) is 10.8. The highest BCUT2D eigenvalue weighted by Crippen LogP contribution is 2.38. The number of nitrogen functional groups attached to an aromatic ring is 1. The third-order valence-electron chi connectivity index (χ3n) is 2.98. The quantitative estimate of drug-likeness (QED) is 0.756. The van der Waals surface area contributed by atoms with E-state index in [-0.39, 0.29) is 0 Å². The highest BCUT2D eigenvalue weighted by atomic mass is 32.1. The number of benzene rings is 1. The lowest BCUT2D eigenvalue weighted by atomic mass is 10.0. The van der Waals surface area contributed by atoms with Gasteiger partial charge >= 0.3 is 0 Å². The third kappa shape index (κ3) is 2.15. The summed E-state index contributed by atoms with van der Waals surface area (Å²) in [5, 5.41) is 6.15. The molecule has 4 heteroatoms. The minimum Gasteiger partial charge on any atom is -0.367 e. The second kappa shape index (κ2) is 4.55. The third-order valence-corrected chi connectivity index (χ3v) is 3.87. The fourth-order valence-corrected chi connectivity index (χ4v) is 3.05. The van der Waals surface area contributed by atoms with Crippen LogP contribution in [0.2, 0.25) is 0 Å². The van der Waals surface area contributed by atoms with E-state index in [1.165, 1.54) is 11.1 Å². The first-order chi connectivity index (χ1) is 9.15. The first-order valence-corrected chi connectivity index (χ1v) is 6.91. The van der Waals surface area contributed by atoms with Gasteiger partial charge in [-0.25, -0.2) is 0 Å². The summed E-state index contributed by atoms with van der Waals surface area (Å²) in [6.07, 6.45) is 0. The molecule has 2 heterocycles. The maximum absolute atomic E-state index is 5.92. The maximum Gasteiger partial charge on any atom is 0.231 e. The summed E-state index contributed by atoms with van der Waals surface area (Å²) in [7, 11) is 0. The molecule has 0 spiro atoms. The summed E-state index contributed by atoms with van der Waals surface area (Å²) in [4.78, 5) is 1.08. The monoisotopic (exact) mass is 270 g/mol. The van der Waals surface area contributed by atoms with Crippen LogP contribution in [0.4, 0.5) is 5.88 Å². The van der Waals surface area contributed by atoms with Crippen LogP contribution in [0.3, 0.4) is 0 Å². The maximum atomic E-state index is 5.92. The zero-order valence-electron chi connectivity index (χ0n) is 10.8. The van der Waals surface area contributed by atoms with Gasteiger partial charge in [0.15, 0.2) is 0 Å². The molecule has 1 aromatic carbocycles. The Morgan fingerprint density at radius 2 is 1.89 bits per heavy atom. The summed E-state index contributed by atoms with van der Waals surface area (Å²) in [5.74, 6) is 0.372. The molecule has 0 aliphatic carbocycles. The van der Waals surface area contributed by atoms with E-state index >= 15 is 0 Å². The molecular weight excluding hydrogens is 256 g/mol. The smallest absolute Gasteiger partial charge is 0.231 e. The molecule has 0 aliphatic rings. The van der Waals surface area contributed by atoms with Crippen LogP contribution in [0.5, 0.6) is 0 Å². The lowest BCUT2D eigenvalue weighted by molar-refractivity contribution is 0.439. The number of rotatable bonds is 2. The molecule has 0 unspecified atom stereocenters. The number of nitrogens with two attached hydrogens (primary N) is 1. The van der Waals surface area contributed by atoms with Gasteiger partial charge in [0.25, 0.3) is 0 Å². The predicted molar refractivity (Wildman–Crippen MR) is 79.1 cm³/mol. The average Bonchev–Trinajstić information content (AvgIpc) is 2.96. The van der Waals surface area contributed by atoms with Crippen molar-refractivity contribution in [3.63, 3.8) is 0 Å². The van der Waals surface area contributed by atoms with Crippen molar-refractivity contribution in [2.45, 2.75) is 13.8 Å². The van der Waals surface area contributed by atoms with Crippen LogP contribution < -0.4 is 5.73 Å². The highest BCUT2D eigenvalue weighted by molar-refractivity contribution is 7.13. The SMILES string of the molecule is Cc1cc(C)cc(-c2noc(N)c2-c2cccs2)c1. The lowest BCUT2D eigenvalue weighted by Gasteiger charge is -2.03. The van der Waals surface area contributed by atoms with Crippen LogP contribution in [0, 0.1) is 13.8 Å². The van der Waals surface area contributed by atoms with E-state index in [1.54, 1.807) is 11.3 Å². The molecule has 3 nitrogen and oxygen atoms in total. The Morgan fingerprint density at radius 1 is 1.16 bits per heavy atom. The van der Waals surface area contributed by atoms with Crippen LogP contribution in [0.15, 0.2) is 40.2 Å². The Morgan fingerprint density at radius 3 is 2.53 bits per heavy atom. The largest absolute Gasteiger partial charge is 0.367 e. The zero-order chi connectivity index (χ0) is 13.4. The Hall–Kier alpha value is -2.07. The first-order valence-electron chi connectivity index (χ1n) is 6.03. The second-order valence-corrected chi connectivity index (χ2v) is 5.57. The van der Waals surface area contributed by atoms with Crippen molar-refractivity contribution in [2.24, 2.45) is 0 Å². The van der Waals surface area contributed by atoms with E-state index in [2.05, 4.69) is 37.2 Å². The number of anilines is 1. The Labute approximate surface area is 115 Å². The van der Waals surface area contributed by atoms with Crippen molar-refractivity contribution >= 4 is 17.2 Å². The Bertz CT molecular complexity index is 694. The number of hydrogen-bond donors (Lipinski definition) is 1. The van der Waals surface area contributed by atoms with Gasteiger partial charge in [-0.15, -0.1) is 11.3 Å². The summed E-state index contributed by atoms with van der Waals surface area (Å²) >= 11 is 1.63. The van der Waals surface area contributed by atoms with Gasteiger partial charge in [-0.1, -0.05) is 28.4 Å². The molecule has 2 aromatic heterocycles. The minimum atomic E-state index is 0.372. The molecule has 3 rings (SSSR count). The molecule has 0 saturated heterocycles. The molecule has 96 valence electrons. The predicted octanol–water partition coefficient (Wildman–Crippen LogP) is 4.27. The zero-order valence-corrected chi connectivity index (χ0v) is 11.6. The van der Waals surface area contributed by atoms with Gasteiger partial charge in [0.1, 0.15) is 5.69 Å². The van der Waals surface area contributed by atoms with Gasteiger partial charge in [-0.3, -0.25) is 0 Å². The van der Waals surface area contributed by atoms with Gasteiger partial charge in [0.05, 0.1) is 5.56 Å². The van der Waals surface area contributed by atoms with Gasteiger partial charge in [-0.2, -0.15) is 0 Å². The topological polar surface area (TPSA) is 52.0 Å². The van der Waals surface area contributed by atoms with Crippen molar-refractivity contribution in [3.8, 4) is 21.7 Å². The Balaban J connectivity index is 2.21. The van der Waals surface area contributed by atoms with Crippen molar-refractivity contribution in [1.82, 2.24) is 5.16 Å². The van der Waals surface area contributed by atoms with Crippen LogP contribution >= 0.6 is 11.3 Å². The van der Waals surface area contributed by atoms with Gasteiger partial charge in [0.2, 0.25) is 5.88 Å². The van der Waals surface area contributed by atoms with Crippen LogP contribution in [0.1, 0.15) is 11.1 Å². The number of hydrogen-bond acceptors (Lipinski definition) is 4. The molecule has 0 amide bonds. The summed E-state index contributed by atoms with van der Waals surface area (Å²) in [6, 6.07) is 10.4. The lowest BCUT2D eigenvalue weighted by Crippen LogP contribution is -1.87. The van der Waals surface area contributed by atoms with Gasteiger partial charge < -0.3 is 10.3 Å². The Kier molecular flexibility index (Phi) is 2.87. The summed E-state index contributed by atoms with van der Waals surface area (Å²) in [5.41, 5.74) is 11.1. The minimum absolute atomic E-state index is 0.372. The van der Waals surface area contributed by atoms with Crippen molar-refractivity contribution in [1.29, 1.82) is 0 Å². The van der Waals surface area contributed by atoms with Crippen LogP contribution in [-0.2, 0) is 0 Å². The van der Waals surface area contributed by atoms with E-state index < -0.39 is 0 Å². The molecule has 2 N–H and O–H groups in total. The fourth-order valence-electron chi connectivity index (χ4n) is 2.27. The standard InChI is InChI=1S/C15H14N2OS/c1-9-6-10(2)8-11(7-9)14-13(15(16)18-17-14)12-4-3-5-19-12/h3-8H,16H2,1-2H3. The number of nitrogens with zero attached hydrogens (tertiary/aromatic N) is 1. The molecule has 0 bridgehead atoms. The molecule has 3 aromatic rings. The van der Waals surface area contributed by atoms with Crippen molar-refractivity contribution in [3.05, 3.63) is 46.8 Å². The summed E-state index contributed by atoms with van der Waals surface area (Å²) in [6.45, 7) is 4.15. The summed E-state index contributed by atoms with van der Waals surface area (Å²) < 4.78 is 5.19. The van der Waals surface area contributed by atoms with Crippen molar-refractivity contribution in [2.75, 3.05) is 5.73 Å². The number of aromatic nitrogens is 1.